The normalized spacial score (nSPS) is 20.6. The van der Waals surface area contributed by atoms with E-state index < -0.39 is 0 Å². The minimum Gasteiger partial charge on any atom is -0.354 e. The van der Waals surface area contributed by atoms with Gasteiger partial charge >= 0.3 is 0 Å². The molecular weight excluding hydrogens is 220 g/mol. The van der Waals surface area contributed by atoms with Gasteiger partial charge in [-0.25, -0.2) is 0 Å². The van der Waals surface area contributed by atoms with Gasteiger partial charge in [0.1, 0.15) is 0 Å². The minimum absolute atomic E-state index is 0.0382. The van der Waals surface area contributed by atoms with Crippen molar-refractivity contribution < 1.29 is 4.79 Å². The van der Waals surface area contributed by atoms with Crippen molar-refractivity contribution in [1.82, 2.24) is 10.6 Å². The van der Waals surface area contributed by atoms with E-state index in [2.05, 4.69) is 27.5 Å². The van der Waals surface area contributed by atoms with Crippen LogP contribution in [0.1, 0.15) is 24.8 Å². The minimum atomic E-state index is 0.0382. The number of hydrogen-bond donors (Lipinski definition) is 2. The molecule has 1 aromatic rings. The van der Waals surface area contributed by atoms with Crippen LogP contribution in [0.15, 0.2) is 16.8 Å². The van der Waals surface area contributed by atoms with Gasteiger partial charge in [0.15, 0.2) is 0 Å². The zero-order chi connectivity index (χ0) is 11.2. The van der Waals surface area contributed by atoms with Crippen LogP contribution < -0.4 is 10.6 Å². The molecular formula is C12H18N2OS. The maximum Gasteiger partial charge on any atom is 0.237 e. The number of carbonyl (C=O) groups is 1. The number of thiophene rings is 1. The van der Waals surface area contributed by atoms with E-state index >= 15 is 0 Å². The molecule has 0 spiro atoms. The topological polar surface area (TPSA) is 41.1 Å². The van der Waals surface area contributed by atoms with E-state index in [0.29, 0.717) is 0 Å². The molecule has 1 fully saturated rings. The Hall–Kier alpha value is -0.870. The molecule has 2 heterocycles. The predicted molar refractivity (Wildman–Crippen MR) is 66.7 cm³/mol. The molecule has 2 rings (SSSR count). The average Bonchev–Trinajstić information content (AvgIpc) is 2.83. The van der Waals surface area contributed by atoms with Gasteiger partial charge < -0.3 is 10.6 Å². The van der Waals surface area contributed by atoms with Crippen LogP contribution in [0.3, 0.4) is 0 Å². The van der Waals surface area contributed by atoms with Crippen molar-refractivity contribution >= 4 is 17.2 Å². The van der Waals surface area contributed by atoms with Gasteiger partial charge in [0.25, 0.3) is 0 Å². The van der Waals surface area contributed by atoms with Crippen LogP contribution in [0.4, 0.5) is 0 Å². The molecule has 1 atom stereocenters. The number of carbonyl (C=O) groups excluding carboxylic acids is 1. The first-order valence-electron chi connectivity index (χ1n) is 5.88. The predicted octanol–water partition coefficient (Wildman–Crippen LogP) is 1.55. The van der Waals surface area contributed by atoms with E-state index in [-0.39, 0.29) is 11.9 Å². The smallest absolute Gasteiger partial charge is 0.237 e. The monoisotopic (exact) mass is 238 g/mol. The largest absolute Gasteiger partial charge is 0.354 e. The maximum atomic E-state index is 11.8. The lowest BCUT2D eigenvalue weighted by Crippen LogP contribution is -2.47. The first-order chi connectivity index (χ1) is 7.86. The lowest BCUT2D eigenvalue weighted by atomic mass is 10.0. The summed E-state index contributed by atoms with van der Waals surface area (Å²) in [7, 11) is 0. The quantitative estimate of drug-likeness (QED) is 0.835. The molecule has 2 N–H and O–H groups in total. The lowest BCUT2D eigenvalue weighted by molar-refractivity contribution is -0.123. The van der Waals surface area contributed by atoms with Crippen molar-refractivity contribution in [2.45, 2.75) is 31.7 Å². The highest BCUT2D eigenvalue weighted by atomic mass is 32.1. The van der Waals surface area contributed by atoms with Gasteiger partial charge in [0.2, 0.25) is 5.91 Å². The second kappa shape index (κ2) is 6.01. The van der Waals surface area contributed by atoms with Crippen LogP contribution >= 0.6 is 11.3 Å². The van der Waals surface area contributed by atoms with Crippen molar-refractivity contribution in [3.05, 3.63) is 22.4 Å². The van der Waals surface area contributed by atoms with Crippen LogP contribution in [-0.4, -0.2) is 25.0 Å². The zero-order valence-corrected chi connectivity index (χ0v) is 10.2. The first kappa shape index (κ1) is 11.6. The van der Waals surface area contributed by atoms with Crippen molar-refractivity contribution in [2.75, 3.05) is 13.1 Å². The van der Waals surface area contributed by atoms with E-state index in [0.717, 1.165) is 32.4 Å². The molecule has 3 nitrogen and oxygen atoms in total. The molecule has 0 saturated carbocycles. The Bertz CT molecular complexity index is 318. The second-order valence-electron chi connectivity index (χ2n) is 4.18. The van der Waals surface area contributed by atoms with Crippen LogP contribution in [0.5, 0.6) is 0 Å². The average molecular weight is 238 g/mol. The molecule has 1 aliphatic rings. The van der Waals surface area contributed by atoms with E-state index in [4.69, 9.17) is 0 Å². The summed E-state index contributed by atoms with van der Waals surface area (Å²) in [5.41, 5.74) is 1.31. The van der Waals surface area contributed by atoms with Crippen LogP contribution in [0, 0.1) is 0 Å². The van der Waals surface area contributed by atoms with Crippen molar-refractivity contribution in [1.29, 1.82) is 0 Å². The fourth-order valence-electron chi connectivity index (χ4n) is 1.96. The van der Waals surface area contributed by atoms with E-state index in [1.54, 1.807) is 11.3 Å². The van der Waals surface area contributed by atoms with Crippen LogP contribution in [0.25, 0.3) is 0 Å². The number of rotatable bonds is 4. The third-order valence-electron chi connectivity index (χ3n) is 2.92. The number of hydrogen-bond acceptors (Lipinski definition) is 3. The Morgan fingerprint density at radius 3 is 3.19 bits per heavy atom. The van der Waals surface area contributed by atoms with Crippen molar-refractivity contribution in [3.63, 3.8) is 0 Å². The molecule has 0 radical (unpaired) electrons. The van der Waals surface area contributed by atoms with E-state index in [1.165, 1.54) is 12.0 Å². The fraction of sp³-hybridized carbons (Fsp3) is 0.583. The van der Waals surface area contributed by atoms with E-state index in [9.17, 15) is 4.79 Å². The van der Waals surface area contributed by atoms with Crippen molar-refractivity contribution in [3.8, 4) is 0 Å². The summed E-state index contributed by atoms with van der Waals surface area (Å²) in [6, 6.07) is 2.14. The molecule has 0 aromatic carbocycles. The summed E-state index contributed by atoms with van der Waals surface area (Å²) >= 11 is 1.70. The molecule has 1 saturated heterocycles. The summed E-state index contributed by atoms with van der Waals surface area (Å²) in [6.07, 6.45) is 4.26. The van der Waals surface area contributed by atoms with Gasteiger partial charge in [-0.3, -0.25) is 4.79 Å². The van der Waals surface area contributed by atoms with Gasteiger partial charge in [-0.15, -0.1) is 0 Å². The zero-order valence-electron chi connectivity index (χ0n) is 9.37. The highest BCUT2D eigenvalue weighted by Gasteiger charge is 2.19. The number of piperidine rings is 1. The molecule has 0 unspecified atom stereocenters. The molecule has 88 valence electrons. The summed E-state index contributed by atoms with van der Waals surface area (Å²) < 4.78 is 0. The van der Waals surface area contributed by atoms with Gasteiger partial charge in [-0.2, -0.15) is 11.3 Å². The van der Waals surface area contributed by atoms with Gasteiger partial charge in [0, 0.05) is 6.54 Å². The Balaban J connectivity index is 1.67. The Morgan fingerprint density at radius 1 is 1.56 bits per heavy atom. The summed E-state index contributed by atoms with van der Waals surface area (Å²) in [5, 5.41) is 10.4. The fourth-order valence-corrected chi connectivity index (χ4v) is 2.67. The summed E-state index contributed by atoms with van der Waals surface area (Å²) in [6.45, 7) is 1.72. The van der Waals surface area contributed by atoms with Gasteiger partial charge in [-0.1, -0.05) is 6.42 Å². The summed E-state index contributed by atoms with van der Waals surface area (Å²) in [4.78, 5) is 11.8. The van der Waals surface area contributed by atoms with Crippen LogP contribution in [-0.2, 0) is 11.2 Å². The third kappa shape index (κ3) is 3.32. The molecule has 1 amide bonds. The number of amides is 1. The molecule has 4 heteroatoms. The second-order valence-corrected chi connectivity index (χ2v) is 4.96. The van der Waals surface area contributed by atoms with Crippen LogP contribution in [0.2, 0.25) is 0 Å². The van der Waals surface area contributed by atoms with Crippen molar-refractivity contribution in [2.24, 2.45) is 0 Å². The van der Waals surface area contributed by atoms with E-state index in [1.807, 2.05) is 0 Å². The maximum absolute atomic E-state index is 11.8. The van der Waals surface area contributed by atoms with Gasteiger partial charge in [0.05, 0.1) is 6.04 Å². The number of nitrogens with one attached hydrogen (secondary N) is 2. The molecule has 0 aliphatic carbocycles. The Morgan fingerprint density at radius 2 is 2.50 bits per heavy atom. The Kier molecular flexibility index (Phi) is 4.36. The third-order valence-corrected chi connectivity index (χ3v) is 3.65. The summed E-state index contributed by atoms with van der Waals surface area (Å²) in [5.74, 6) is 0.162. The first-order valence-corrected chi connectivity index (χ1v) is 6.83. The highest BCUT2D eigenvalue weighted by Crippen LogP contribution is 2.08. The lowest BCUT2D eigenvalue weighted by Gasteiger charge is -2.22. The highest BCUT2D eigenvalue weighted by molar-refractivity contribution is 7.07. The Labute approximate surface area is 100 Å². The molecule has 1 aliphatic heterocycles. The molecule has 16 heavy (non-hydrogen) atoms. The van der Waals surface area contributed by atoms with Gasteiger partial charge in [-0.05, 0) is 48.2 Å². The molecule has 1 aromatic heterocycles. The molecule has 0 bridgehead atoms. The standard InChI is InChI=1S/C12H18N2OS/c15-12(11-3-1-2-6-13-11)14-7-4-10-5-8-16-9-10/h5,8-9,11,13H,1-4,6-7H2,(H,14,15)/t11-/m1/s1. The SMILES string of the molecule is O=C(NCCc1ccsc1)[C@H]1CCCCN1.